The van der Waals surface area contributed by atoms with Crippen molar-refractivity contribution in [2.75, 3.05) is 46.9 Å². The fourth-order valence-corrected chi connectivity index (χ4v) is 5.33. The summed E-state index contributed by atoms with van der Waals surface area (Å²) < 4.78 is 5.14. The maximum absolute atomic E-state index is 12.8. The summed E-state index contributed by atoms with van der Waals surface area (Å²) in [7, 11) is 3.64. The minimum absolute atomic E-state index is 0.0280. The first-order chi connectivity index (χ1) is 14.4. The van der Waals surface area contributed by atoms with Crippen molar-refractivity contribution < 1.29 is 14.3 Å². The van der Waals surface area contributed by atoms with Gasteiger partial charge in [-0.25, -0.2) is 4.79 Å². The van der Waals surface area contributed by atoms with E-state index in [1.165, 1.54) is 5.56 Å². The van der Waals surface area contributed by atoms with Gasteiger partial charge < -0.3 is 19.4 Å². The summed E-state index contributed by atoms with van der Waals surface area (Å²) in [5.74, 6) is 0.0908. The lowest BCUT2D eigenvalue weighted by Crippen LogP contribution is -2.51. The van der Waals surface area contributed by atoms with Gasteiger partial charge in [0.1, 0.15) is 0 Å². The highest BCUT2D eigenvalue weighted by molar-refractivity contribution is 6.21. The molecule has 1 aromatic rings. The molecule has 2 amide bonds. The van der Waals surface area contributed by atoms with E-state index in [2.05, 4.69) is 29.2 Å². The van der Waals surface area contributed by atoms with Crippen LogP contribution in [0.5, 0.6) is 0 Å². The summed E-state index contributed by atoms with van der Waals surface area (Å²) in [6, 6.07) is 8.94. The highest BCUT2D eigenvalue weighted by Gasteiger charge is 2.43. The lowest BCUT2D eigenvalue weighted by molar-refractivity contribution is -0.122. The molecule has 2 fully saturated rings. The molecular formula is C24H33N3O3. The number of hydrogen-bond donors (Lipinski definition) is 0. The number of allylic oxidation sites excluding steroid dienone is 1. The molecule has 1 aliphatic carbocycles. The molecule has 2 aliphatic heterocycles. The minimum atomic E-state index is -0.181. The van der Waals surface area contributed by atoms with E-state index in [1.807, 2.05) is 32.0 Å². The summed E-state index contributed by atoms with van der Waals surface area (Å²) in [4.78, 5) is 30.8. The van der Waals surface area contributed by atoms with Gasteiger partial charge in [-0.1, -0.05) is 30.3 Å². The van der Waals surface area contributed by atoms with Crippen LogP contribution in [-0.4, -0.2) is 79.6 Å². The Morgan fingerprint density at radius 3 is 2.40 bits per heavy atom. The first-order valence-corrected chi connectivity index (χ1v) is 11.2. The lowest BCUT2D eigenvalue weighted by Gasteiger charge is -2.44. The standard InChI is InChI=1S/C24H33N3O3/c1-4-30-23(29)27-13-9-18(10-14-27)26-15-11-24(12-16-26)17-20(22(28)25(2)3)19-7-5-6-8-21(19)24/h5-8,17-18H,4,9-16H2,1-3H3. The van der Waals surface area contributed by atoms with Crippen LogP contribution in [0.1, 0.15) is 43.7 Å². The predicted molar refractivity (Wildman–Crippen MR) is 117 cm³/mol. The molecule has 0 radical (unpaired) electrons. The predicted octanol–water partition coefficient (Wildman–Crippen LogP) is 3.13. The van der Waals surface area contributed by atoms with Gasteiger partial charge in [0.15, 0.2) is 0 Å². The maximum Gasteiger partial charge on any atom is 0.409 e. The molecular weight excluding hydrogens is 378 g/mol. The van der Waals surface area contributed by atoms with Crippen molar-refractivity contribution in [2.24, 2.45) is 0 Å². The first kappa shape index (κ1) is 20.9. The average molecular weight is 412 g/mol. The van der Waals surface area contributed by atoms with Crippen molar-refractivity contribution in [2.45, 2.75) is 44.1 Å². The van der Waals surface area contributed by atoms with Crippen molar-refractivity contribution >= 4 is 17.6 Å². The number of likely N-dealkylation sites (N-methyl/N-ethyl adjacent to an activating group) is 1. The van der Waals surface area contributed by atoms with Crippen LogP contribution in [0.3, 0.4) is 0 Å². The van der Waals surface area contributed by atoms with E-state index < -0.39 is 0 Å². The Hall–Kier alpha value is -2.34. The van der Waals surface area contributed by atoms with Gasteiger partial charge in [-0.3, -0.25) is 4.79 Å². The first-order valence-electron chi connectivity index (χ1n) is 11.2. The fourth-order valence-electron chi connectivity index (χ4n) is 5.33. The van der Waals surface area contributed by atoms with Crippen LogP contribution in [0.4, 0.5) is 4.79 Å². The van der Waals surface area contributed by atoms with Gasteiger partial charge in [0.05, 0.1) is 6.61 Å². The number of carbonyl (C=O) groups is 2. The van der Waals surface area contributed by atoms with E-state index >= 15 is 0 Å². The number of fused-ring (bicyclic) bond motifs is 2. The minimum Gasteiger partial charge on any atom is -0.450 e. The molecule has 3 aliphatic rings. The van der Waals surface area contributed by atoms with Gasteiger partial charge in [-0.2, -0.15) is 0 Å². The molecule has 2 heterocycles. The number of ether oxygens (including phenoxy) is 1. The van der Waals surface area contributed by atoms with E-state index in [4.69, 9.17) is 4.74 Å². The second-order valence-corrected chi connectivity index (χ2v) is 8.91. The summed E-state index contributed by atoms with van der Waals surface area (Å²) >= 11 is 0. The van der Waals surface area contributed by atoms with Crippen LogP contribution < -0.4 is 0 Å². The zero-order valence-corrected chi connectivity index (χ0v) is 18.4. The molecule has 4 rings (SSSR count). The Balaban J connectivity index is 1.43. The van der Waals surface area contributed by atoms with Crippen molar-refractivity contribution in [3.8, 4) is 0 Å². The molecule has 1 aromatic carbocycles. The van der Waals surface area contributed by atoms with Crippen LogP contribution in [0, 0.1) is 0 Å². The Bertz CT molecular complexity index is 832. The fraction of sp³-hybridized carbons (Fsp3) is 0.583. The van der Waals surface area contributed by atoms with E-state index in [-0.39, 0.29) is 17.4 Å². The lowest BCUT2D eigenvalue weighted by atomic mass is 9.74. The molecule has 0 aromatic heterocycles. The second-order valence-electron chi connectivity index (χ2n) is 8.91. The van der Waals surface area contributed by atoms with Gasteiger partial charge >= 0.3 is 6.09 Å². The van der Waals surface area contributed by atoms with E-state index in [0.29, 0.717) is 12.6 Å². The Morgan fingerprint density at radius 1 is 1.10 bits per heavy atom. The molecule has 0 saturated carbocycles. The molecule has 0 atom stereocenters. The van der Waals surface area contributed by atoms with Crippen LogP contribution >= 0.6 is 0 Å². The second kappa shape index (κ2) is 8.42. The van der Waals surface area contributed by atoms with Crippen LogP contribution in [0.15, 0.2) is 30.3 Å². The highest BCUT2D eigenvalue weighted by Crippen LogP contribution is 2.47. The number of hydrogen-bond acceptors (Lipinski definition) is 4. The number of likely N-dealkylation sites (tertiary alicyclic amines) is 2. The maximum atomic E-state index is 12.8. The van der Waals surface area contributed by atoms with Crippen LogP contribution in [-0.2, 0) is 14.9 Å². The largest absolute Gasteiger partial charge is 0.450 e. The molecule has 2 saturated heterocycles. The molecule has 6 heteroatoms. The monoisotopic (exact) mass is 411 g/mol. The van der Waals surface area contributed by atoms with E-state index in [9.17, 15) is 9.59 Å². The molecule has 0 unspecified atom stereocenters. The van der Waals surface area contributed by atoms with Crippen molar-refractivity contribution in [3.63, 3.8) is 0 Å². The SMILES string of the molecule is CCOC(=O)N1CCC(N2CCC3(C=C(C(=O)N(C)C)c4ccccc43)CC2)CC1. The van der Waals surface area contributed by atoms with Crippen LogP contribution in [0.2, 0.25) is 0 Å². The zero-order chi connectivity index (χ0) is 21.3. The topological polar surface area (TPSA) is 53.1 Å². The normalized spacial score (nSPS) is 21.3. The molecule has 0 bridgehead atoms. The molecule has 0 N–H and O–H groups in total. The summed E-state index contributed by atoms with van der Waals surface area (Å²) in [6.45, 7) is 5.88. The molecule has 30 heavy (non-hydrogen) atoms. The molecule has 162 valence electrons. The third kappa shape index (κ3) is 3.73. The van der Waals surface area contributed by atoms with Gasteiger partial charge in [0.2, 0.25) is 0 Å². The number of amides is 2. The third-order valence-corrected chi connectivity index (χ3v) is 7.01. The van der Waals surface area contributed by atoms with E-state index in [0.717, 1.165) is 63.0 Å². The number of carbonyl (C=O) groups excluding carboxylic acids is 2. The zero-order valence-electron chi connectivity index (χ0n) is 18.4. The van der Waals surface area contributed by atoms with Gasteiger partial charge in [0, 0.05) is 44.2 Å². The Kier molecular flexibility index (Phi) is 5.87. The number of rotatable bonds is 3. The summed E-state index contributed by atoms with van der Waals surface area (Å²) in [5.41, 5.74) is 3.24. The number of piperidine rings is 2. The molecule has 1 spiro atoms. The molecule has 6 nitrogen and oxygen atoms in total. The Morgan fingerprint density at radius 2 is 1.77 bits per heavy atom. The van der Waals surface area contributed by atoms with Crippen molar-refractivity contribution in [3.05, 3.63) is 41.5 Å². The van der Waals surface area contributed by atoms with Crippen molar-refractivity contribution in [1.82, 2.24) is 14.7 Å². The van der Waals surface area contributed by atoms with Gasteiger partial charge in [0.25, 0.3) is 5.91 Å². The highest BCUT2D eigenvalue weighted by atomic mass is 16.6. The van der Waals surface area contributed by atoms with E-state index in [1.54, 1.807) is 4.90 Å². The quantitative estimate of drug-likeness (QED) is 0.767. The Labute approximate surface area is 179 Å². The number of benzene rings is 1. The van der Waals surface area contributed by atoms with Crippen LogP contribution in [0.25, 0.3) is 5.57 Å². The third-order valence-electron chi connectivity index (χ3n) is 7.01. The van der Waals surface area contributed by atoms with Crippen molar-refractivity contribution in [1.29, 1.82) is 0 Å². The number of nitrogens with zero attached hydrogens (tertiary/aromatic N) is 3. The summed E-state index contributed by atoms with van der Waals surface area (Å²) in [5, 5.41) is 0. The summed E-state index contributed by atoms with van der Waals surface area (Å²) in [6.07, 6.45) is 6.14. The average Bonchev–Trinajstić information content (AvgIpc) is 3.08. The van der Waals surface area contributed by atoms with Gasteiger partial charge in [-0.05, 0) is 56.8 Å². The van der Waals surface area contributed by atoms with Gasteiger partial charge in [-0.15, -0.1) is 0 Å². The smallest absolute Gasteiger partial charge is 0.409 e.